The number of ether oxygens (including phenoxy) is 4. The Morgan fingerprint density at radius 2 is 0.540 bits per heavy atom. The summed E-state index contributed by atoms with van der Waals surface area (Å²) in [6.07, 6.45) is 0. The molecule has 0 bridgehead atoms. The summed E-state index contributed by atoms with van der Waals surface area (Å²) in [5.41, 5.74) is 10.3. The molecule has 0 N–H and O–H groups in total. The Balaban J connectivity index is 1.99. The van der Waals surface area contributed by atoms with Crippen LogP contribution in [0.2, 0.25) is 0 Å². The molecule has 0 spiro atoms. The number of aryl methyl sites for hydroxylation is 8. The van der Waals surface area contributed by atoms with Crippen molar-refractivity contribution >= 4 is 37.1 Å². The molecule has 4 nitrogen and oxygen atoms in total. The van der Waals surface area contributed by atoms with Crippen LogP contribution in [-0.4, -0.2) is 39.8 Å². The van der Waals surface area contributed by atoms with Crippen molar-refractivity contribution in [2.24, 2.45) is 11.8 Å². The first kappa shape index (κ1) is 39.7. The number of benzene rings is 4. The quantitative estimate of drug-likeness (QED) is 0.129. The summed E-state index contributed by atoms with van der Waals surface area (Å²) in [7, 11) is 5.59. The van der Waals surface area contributed by atoms with Crippen LogP contribution in [0, 0.1) is 67.2 Å². The summed E-state index contributed by atoms with van der Waals surface area (Å²) < 4.78 is 23.4. The van der Waals surface area contributed by atoms with E-state index in [2.05, 4.69) is 132 Å². The predicted octanol–water partition coefficient (Wildman–Crippen LogP) is 9.80. The summed E-state index contributed by atoms with van der Waals surface area (Å²) in [6.45, 7) is 27.4. The van der Waals surface area contributed by atoms with E-state index in [1.807, 2.05) is 0 Å². The van der Waals surface area contributed by atoms with Gasteiger partial charge in [-0.05, 0) is 209 Å². The zero-order valence-electron chi connectivity index (χ0n) is 33.5. The molecule has 4 aromatic rings. The summed E-state index contributed by atoms with van der Waals surface area (Å²) in [5, 5.41) is 5.62. The third-order valence-electron chi connectivity index (χ3n) is 10.4. The van der Waals surface area contributed by atoms with Crippen molar-refractivity contribution in [3.8, 4) is 23.0 Å². The van der Waals surface area contributed by atoms with Crippen molar-refractivity contribution in [1.29, 1.82) is 0 Å². The average molecular weight is 715 g/mol. The van der Waals surface area contributed by atoms with Crippen molar-refractivity contribution in [2.75, 3.05) is 28.4 Å². The molecule has 0 fully saturated rings. The highest BCUT2D eigenvalue weighted by molar-refractivity contribution is 7.74. The largest absolute Gasteiger partial charge is 0.496 e. The van der Waals surface area contributed by atoms with Gasteiger partial charge in [0.05, 0.1) is 28.4 Å². The van der Waals surface area contributed by atoms with Crippen molar-refractivity contribution in [3.63, 3.8) is 0 Å². The molecule has 2 unspecified atom stereocenters. The molecule has 0 radical (unpaired) electrons. The van der Waals surface area contributed by atoms with Gasteiger partial charge in [0.15, 0.2) is 0 Å². The van der Waals surface area contributed by atoms with Gasteiger partial charge in [0, 0.05) is 0 Å². The van der Waals surface area contributed by atoms with Crippen molar-refractivity contribution in [1.82, 2.24) is 0 Å². The standard InChI is InChI=1S/C44H60O4P2/c1-25(2)40(34(11)49(36-17-26(3)41(45-13)27(4)18-36)37-19-28(5)42(46-14)29(6)20-37)35(12)50(38-21-30(7)43(47-15)31(8)22-38)39-23-32(9)44(48-16)33(10)24-39/h17-25,34-35,40H,1-16H3. The van der Waals surface area contributed by atoms with Crippen LogP contribution in [0.25, 0.3) is 0 Å². The lowest BCUT2D eigenvalue weighted by Crippen LogP contribution is -2.38. The third-order valence-corrected chi connectivity index (χ3v) is 16.0. The molecule has 0 aliphatic heterocycles. The average Bonchev–Trinajstić information content (AvgIpc) is 3.01. The lowest BCUT2D eigenvalue weighted by atomic mass is 9.90. The van der Waals surface area contributed by atoms with Gasteiger partial charge < -0.3 is 18.9 Å². The molecular weight excluding hydrogens is 654 g/mol. The highest BCUT2D eigenvalue weighted by Crippen LogP contribution is 2.54. The molecule has 0 amide bonds. The van der Waals surface area contributed by atoms with Gasteiger partial charge >= 0.3 is 0 Å². The third kappa shape index (κ3) is 7.88. The normalized spacial score (nSPS) is 13.5. The molecule has 0 aromatic heterocycles. The first-order valence-electron chi connectivity index (χ1n) is 17.8. The van der Waals surface area contributed by atoms with Crippen LogP contribution in [0.5, 0.6) is 23.0 Å². The zero-order valence-corrected chi connectivity index (χ0v) is 35.2. The molecule has 4 rings (SSSR count). The fourth-order valence-corrected chi connectivity index (χ4v) is 15.8. The van der Waals surface area contributed by atoms with E-state index in [1.54, 1.807) is 28.4 Å². The first-order chi connectivity index (χ1) is 23.6. The maximum absolute atomic E-state index is 5.85. The molecule has 270 valence electrons. The van der Waals surface area contributed by atoms with E-state index in [4.69, 9.17) is 18.9 Å². The van der Waals surface area contributed by atoms with E-state index >= 15 is 0 Å². The second-order valence-corrected chi connectivity index (χ2v) is 19.7. The highest BCUT2D eigenvalue weighted by atomic mass is 31.1. The van der Waals surface area contributed by atoms with Gasteiger partial charge in [-0.15, -0.1) is 0 Å². The summed E-state index contributed by atoms with van der Waals surface area (Å²) in [5.74, 6) is 4.79. The van der Waals surface area contributed by atoms with E-state index in [9.17, 15) is 0 Å². The van der Waals surface area contributed by atoms with Gasteiger partial charge in [-0.2, -0.15) is 0 Å². The van der Waals surface area contributed by atoms with E-state index in [-0.39, 0.29) is 0 Å². The van der Waals surface area contributed by atoms with E-state index in [0.29, 0.717) is 23.2 Å². The summed E-state index contributed by atoms with van der Waals surface area (Å²) in [6, 6.07) is 19.1. The van der Waals surface area contributed by atoms with Crippen LogP contribution in [0.1, 0.15) is 72.2 Å². The molecule has 0 saturated heterocycles. The maximum atomic E-state index is 5.85. The molecule has 2 atom stereocenters. The lowest BCUT2D eigenvalue weighted by Gasteiger charge is -2.42. The van der Waals surface area contributed by atoms with Gasteiger partial charge in [0.1, 0.15) is 23.0 Å². The van der Waals surface area contributed by atoms with Crippen LogP contribution in [0.3, 0.4) is 0 Å². The van der Waals surface area contributed by atoms with Crippen molar-refractivity contribution < 1.29 is 18.9 Å². The maximum Gasteiger partial charge on any atom is 0.124 e. The Morgan fingerprint density at radius 1 is 0.360 bits per heavy atom. The van der Waals surface area contributed by atoms with Crippen LogP contribution >= 0.6 is 15.8 Å². The predicted molar refractivity (Wildman–Crippen MR) is 219 cm³/mol. The number of rotatable bonds is 13. The smallest absolute Gasteiger partial charge is 0.124 e. The van der Waals surface area contributed by atoms with E-state index in [1.165, 1.54) is 65.7 Å². The molecule has 4 aromatic carbocycles. The van der Waals surface area contributed by atoms with Gasteiger partial charge in [0.2, 0.25) is 0 Å². The van der Waals surface area contributed by atoms with Crippen molar-refractivity contribution in [3.05, 3.63) is 93.0 Å². The minimum Gasteiger partial charge on any atom is -0.496 e. The van der Waals surface area contributed by atoms with E-state index < -0.39 is 15.8 Å². The monoisotopic (exact) mass is 714 g/mol. The van der Waals surface area contributed by atoms with Gasteiger partial charge in [-0.25, -0.2) is 0 Å². The Hall–Kier alpha value is -3.06. The second kappa shape index (κ2) is 16.5. The van der Waals surface area contributed by atoms with Gasteiger partial charge in [0.25, 0.3) is 0 Å². The van der Waals surface area contributed by atoms with E-state index in [0.717, 1.165) is 23.0 Å². The molecule has 50 heavy (non-hydrogen) atoms. The van der Waals surface area contributed by atoms with Crippen LogP contribution in [-0.2, 0) is 0 Å². The van der Waals surface area contributed by atoms with Crippen LogP contribution in [0.4, 0.5) is 0 Å². The number of methoxy groups -OCH3 is 4. The molecule has 6 heteroatoms. The Bertz CT molecular complexity index is 1490. The van der Waals surface area contributed by atoms with Crippen LogP contribution in [0.15, 0.2) is 48.5 Å². The molecule has 0 heterocycles. The molecular formula is C44H60O4P2. The topological polar surface area (TPSA) is 36.9 Å². The van der Waals surface area contributed by atoms with Gasteiger partial charge in [-0.3, -0.25) is 0 Å². The Morgan fingerprint density at radius 3 is 0.680 bits per heavy atom. The molecule has 0 aliphatic carbocycles. The second-order valence-electron chi connectivity index (χ2n) is 14.5. The molecule has 0 aliphatic rings. The zero-order chi connectivity index (χ0) is 37.2. The fraction of sp³-hybridized carbons (Fsp3) is 0.455. The summed E-state index contributed by atoms with van der Waals surface area (Å²) in [4.78, 5) is 0. The van der Waals surface area contributed by atoms with Crippen molar-refractivity contribution in [2.45, 2.75) is 94.4 Å². The fourth-order valence-electron chi connectivity index (χ4n) is 8.65. The number of hydrogen-bond acceptors (Lipinski definition) is 4. The SMILES string of the molecule is COc1c(C)cc(P(c2cc(C)c(OC)c(C)c2)C(C)C(C(C)C)C(C)P(c2cc(C)c(OC)c(C)c2)c2cc(C)c(OC)c(C)c2)cc1C. The molecule has 0 saturated carbocycles. The number of hydrogen-bond donors (Lipinski definition) is 0. The highest BCUT2D eigenvalue weighted by Gasteiger charge is 2.39. The Labute approximate surface area is 305 Å². The summed E-state index contributed by atoms with van der Waals surface area (Å²) >= 11 is 0. The Kier molecular flexibility index (Phi) is 13.1. The minimum absolute atomic E-state index is 0.380. The van der Waals surface area contributed by atoms with Crippen LogP contribution < -0.4 is 40.2 Å². The lowest BCUT2D eigenvalue weighted by molar-refractivity contribution is 0.376. The van der Waals surface area contributed by atoms with Gasteiger partial charge in [-0.1, -0.05) is 27.7 Å². The minimum atomic E-state index is -0.760. The first-order valence-corrected chi connectivity index (χ1v) is 20.6.